The average Bonchev–Trinajstić information content (AvgIpc) is 2.98. The lowest BCUT2D eigenvalue weighted by Gasteiger charge is -2.22. The number of carbonyl (C=O) groups excluding carboxylic acids is 1. The Morgan fingerprint density at radius 3 is 2.86 bits per heavy atom. The van der Waals surface area contributed by atoms with Gasteiger partial charge in [-0.05, 0) is 66.7 Å². The maximum atomic E-state index is 12.2. The van der Waals surface area contributed by atoms with Crippen LogP contribution in [0.2, 0.25) is 0 Å². The highest BCUT2D eigenvalue weighted by Crippen LogP contribution is 2.18. The lowest BCUT2D eigenvalue weighted by Crippen LogP contribution is -2.29. The van der Waals surface area contributed by atoms with Crippen molar-refractivity contribution in [3.05, 3.63) is 39.7 Å². The molecule has 0 unspecified atom stereocenters. The highest BCUT2D eigenvalue weighted by Gasteiger charge is 2.18. The zero-order chi connectivity index (χ0) is 14.7. The summed E-state index contributed by atoms with van der Waals surface area (Å²) in [5.74, 6) is -0.225. The molecule has 0 radical (unpaired) electrons. The molecule has 1 aliphatic heterocycles. The van der Waals surface area contributed by atoms with Crippen molar-refractivity contribution in [2.45, 2.75) is 18.9 Å². The Kier molecular flexibility index (Phi) is 6.16. The van der Waals surface area contributed by atoms with Gasteiger partial charge in [-0.25, -0.2) is 4.68 Å². The van der Waals surface area contributed by atoms with Gasteiger partial charge in [0.15, 0.2) is 5.69 Å². The van der Waals surface area contributed by atoms with Crippen LogP contribution in [0.15, 0.2) is 30.5 Å². The van der Waals surface area contributed by atoms with E-state index < -0.39 is 0 Å². The van der Waals surface area contributed by atoms with Crippen LogP contribution in [-0.2, 0) is 0 Å². The lowest BCUT2D eigenvalue weighted by atomic mass is 10.1. The monoisotopic (exact) mass is 433 g/mol. The van der Waals surface area contributed by atoms with Crippen LogP contribution in [0.4, 0.5) is 5.69 Å². The van der Waals surface area contributed by atoms with Crippen molar-refractivity contribution in [2.75, 3.05) is 18.4 Å². The Morgan fingerprint density at radius 2 is 2.14 bits per heavy atom. The minimum absolute atomic E-state index is 0. The standard InChI is InChI=1S/C14H16IN5O.ClH/c15-10-2-1-3-11(8-10)17-14(21)13-9-20(19-18-13)12-4-6-16-7-5-12;/h1-3,8-9,12,16H,4-7H2,(H,17,21);1H. The number of halogens is 2. The fourth-order valence-electron chi connectivity index (χ4n) is 2.39. The highest BCUT2D eigenvalue weighted by atomic mass is 127. The van der Waals surface area contributed by atoms with E-state index in [1.54, 1.807) is 6.20 Å². The van der Waals surface area contributed by atoms with Crippen LogP contribution in [-0.4, -0.2) is 34.0 Å². The van der Waals surface area contributed by atoms with E-state index in [0.29, 0.717) is 11.7 Å². The van der Waals surface area contributed by atoms with Gasteiger partial charge in [-0.2, -0.15) is 0 Å². The number of piperidine rings is 1. The molecule has 22 heavy (non-hydrogen) atoms. The molecule has 1 fully saturated rings. The molecule has 1 amide bonds. The zero-order valence-electron chi connectivity index (χ0n) is 11.8. The number of amides is 1. The van der Waals surface area contributed by atoms with Gasteiger partial charge in [0, 0.05) is 9.26 Å². The van der Waals surface area contributed by atoms with E-state index in [0.717, 1.165) is 35.2 Å². The van der Waals surface area contributed by atoms with Crippen LogP contribution >= 0.6 is 35.0 Å². The summed E-state index contributed by atoms with van der Waals surface area (Å²) in [6, 6.07) is 7.98. The van der Waals surface area contributed by atoms with E-state index in [2.05, 4.69) is 43.5 Å². The number of benzene rings is 1. The summed E-state index contributed by atoms with van der Waals surface area (Å²) in [4.78, 5) is 12.2. The quantitative estimate of drug-likeness (QED) is 0.730. The van der Waals surface area contributed by atoms with Crippen LogP contribution in [0.1, 0.15) is 29.4 Å². The molecule has 3 rings (SSSR count). The SMILES string of the molecule is Cl.O=C(Nc1cccc(I)c1)c1cn(C2CCNCC2)nn1. The molecule has 1 aromatic carbocycles. The van der Waals surface area contributed by atoms with E-state index in [9.17, 15) is 4.79 Å². The maximum Gasteiger partial charge on any atom is 0.277 e. The third-order valence-electron chi connectivity index (χ3n) is 3.51. The molecule has 118 valence electrons. The summed E-state index contributed by atoms with van der Waals surface area (Å²) in [6.07, 6.45) is 3.77. The highest BCUT2D eigenvalue weighted by molar-refractivity contribution is 14.1. The van der Waals surface area contributed by atoms with Crippen molar-refractivity contribution in [3.63, 3.8) is 0 Å². The smallest absolute Gasteiger partial charge is 0.277 e. The largest absolute Gasteiger partial charge is 0.321 e. The molecule has 1 aromatic heterocycles. The molecule has 2 aromatic rings. The Morgan fingerprint density at radius 1 is 1.36 bits per heavy atom. The van der Waals surface area contributed by atoms with Gasteiger partial charge < -0.3 is 10.6 Å². The average molecular weight is 434 g/mol. The fraction of sp³-hybridized carbons (Fsp3) is 0.357. The summed E-state index contributed by atoms with van der Waals surface area (Å²) in [7, 11) is 0. The van der Waals surface area contributed by atoms with Crippen molar-refractivity contribution in [1.82, 2.24) is 20.3 Å². The molecular formula is C14H17ClIN5O. The first-order valence-electron chi connectivity index (χ1n) is 6.92. The number of rotatable bonds is 3. The van der Waals surface area contributed by atoms with Gasteiger partial charge in [-0.3, -0.25) is 4.79 Å². The summed E-state index contributed by atoms with van der Waals surface area (Å²) in [6.45, 7) is 1.96. The molecule has 8 heteroatoms. The van der Waals surface area contributed by atoms with Crippen molar-refractivity contribution in [3.8, 4) is 0 Å². The van der Waals surface area contributed by atoms with Crippen LogP contribution < -0.4 is 10.6 Å². The number of aromatic nitrogens is 3. The van der Waals surface area contributed by atoms with E-state index in [-0.39, 0.29) is 18.3 Å². The van der Waals surface area contributed by atoms with E-state index in [1.807, 2.05) is 28.9 Å². The second-order valence-electron chi connectivity index (χ2n) is 5.03. The Labute approximate surface area is 148 Å². The Bertz CT molecular complexity index is 642. The molecule has 0 aliphatic carbocycles. The van der Waals surface area contributed by atoms with Crippen LogP contribution in [0.25, 0.3) is 0 Å². The third kappa shape index (κ3) is 4.17. The van der Waals surface area contributed by atoms with Gasteiger partial charge in [0.2, 0.25) is 0 Å². The van der Waals surface area contributed by atoms with Gasteiger partial charge in [-0.15, -0.1) is 17.5 Å². The molecule has 1 aliphatic rings. The summed E-state index contributed by atoms with van der Waals surface area (Å²) >= 11 is 2.21. The minimum atomic E-state index is -0.225. The summed E-state index contributed by atoms with van der Waals surface area (Å²) < 4.78 is 2.88. The summed E-state index contributed by atoms with van der Waals surface area (Å²) in [5.41, 5.74) is 1.12. The first kappa shape index (κ1) is 17.2. The number of nitrogens with one attached hydrogen (secondary N) is 2. The first-order valence-corrected chi connectivity index (χ1v) is 8.00. The fourth-order valence-corrected chi connectivity index (χ4v) is 2.93. The second kappa shape index (κ2) is 7.89. The second-order valence-corrected chi connectivity index (χ2v) is 6.28. The predicted molar refractivity (Wildman–Crippen MR) is 95.5 cm³/mol. The van der Waals surface area contributed by atoms with Gasteiger partial charge in [-0.1, -0.05) is 11.3 Å². The molecule has 0 saturated carbocycles. The predicted octanol–water partition coefficient (Wildman–Crippen LogP) is 2.48. The number of carbonyl (C=O) groups is 1. The lowest BCUT2D eigenvalue weighted by molar-refractivity contribution is 0.102. The van der Waals surface area contributed by atoms with Gasteiger partial charge in [0.05, 0.1) is 12.2 Å². The minimum Gasteiger partial charge on any atom is -0.321 e. The van der Waals surface area contributed by atoms with Crippen molar-refractivity contribution in [2.24, 2.45) is 0 Å². The molecule has 0 bridgehead atoms. The third-order valence-corrected chi connectivity index (χ3v) is 4.18. The van der Waals surface area contributed by atoms with Crippen LogP contribution in [0, 0.1) is 3.57 Å². The van der Waals surface area contributed by atoms with Crippen LogP contribution in [0.5, 0.6) is 0 Å². The zero-order valence-corrected chi connectivity index (χ0v) is 14.8. The van der Waals surface area contributed by atoms with Gasteiger partial charge in [0.25, 0.3) is 5.91 Å². The molecule has 0 atom stereocenters. The van der Waals surface area contributed by atoms with E-state index >= 15 is 0 Å². The molecule has 1 saturated heterocycles. The maximum absolute atomic E-state index is 12.2. The van der Waals surface area contributed by atoms with Gasteiger partial charge >= 0.3 is 0 Å². The molecule has 6 nitrogen and oxygen atoms in total. The number of nitrogens with zero attached hydrogens (tertiary/aromatic N) is 3. The van der Waals surface area contributed by atoms with Gasteiger partial charge in [0.1, 0.15) is 0 Å². The number of hydrogen-bond donors (Lipinski definition) is 2. The van der Waals surface area contributed by atoms with Crippen molar-refractivity contribution < 1.29 is 4.79 Å². The normalized spacial score (nSPS) is 15.1. The molecular weight excluding hydrogens is 417 g/mol. The van der Waals surface area contributed by atoms with Crippen molar-refractivity contribution in [1.29, 1.82) is 0 Å². The molecule has 2 heterocycles. The van der Waals surface area contributed by atoms with Crippen LogP contribution in [0.3, 0.4) is 0 Å². The first-order chi connectivity index (χ1) is 10.2. The molecule has 0 spiro atoms. The Balaban J connectivity index is 0.00000176. The van der Waals surface area contributed by atoms with Crippen molar-refractivity contribution >= 4 is 46.6 Å². The number of anilines is 1. The van der Waals surface area contributed by atoms with E-state index in [1.165, 1.54) is 0 Å². The Hall–Kier alpha value is -1.19. The topological polar surface area (TPSA) is 71.8 Å². The number of hydrogen-bond acceptors (Lipinski definition) is 4. The molecule has 2 N–H and O–H groups in total. The summed E-state index contributed by atoms with van der Waals surface area (Å²) in [5, 5.41) is 14.2. The van der Waals surface area contributed by atoms with E-state index in [4.69, 9.17) is 0 Å².